The van der Waals surface area contributed by atoms with Crippen molar-refractivity contribution in [3.05, 3.63) is 35.4 Å². The number of hydrogen-bond acceptors (Lipinski definition) is 6. The van der Waals surface area contributed by atoms with Gasteiger partial charge in [0, 0.05) is 37.2 Å². The quantitative estimate of drug-likeness (QED) is 0.737. The van der Waals surface area contributed by atoms with Crippen molar-refractivity contribution in [3.8, 4) is 11.3 Å². The Morgan fingerprint density at radius 3 is 2.62 bits per heavy atom. The second kappa shape index (κ2) is 9.83. The van der Waals surface area contributed by atoms with E-state index in [1.54, 1.807) is 18.6 Å². The Kier molecular flexibility index (Phi) is 6.95. The summed E-state index contributed by atoms with van der Waals surface area (Å²) in [6, 6.07) is 2.04. The van der Waals surface area contributed by atoms with Crippen LogP contribution in [0.1, 0.15) is 44.2 Å². The summed E-state index contributed by atoms with van der Waals surface area (Å²) in [6.07, 6.45) is 12.0. The van der Waals surface area contributed by atoms with Gasteiger partial charge in [-0.3, -0.25) is 9.97 Å². The second-order valence-electron chi connectivity index (χ2n) is 8.26. The minimum absolute atomic E-state index is 0.133. The summed E-state index contributed by atoms with van der Waals surface area (Å²) in [6.45, 7) is 2.56. The zero-order valence-corrected chi connectivity index (χ0v) is 17.4. The van der Waals surface area contributed by atoms with Crippen molar-refractivity contribution in [1.29, 1.82) is 0 Å². The van der Waals surface area contributed by atoms with Crippen molar-refractivity contribution in [2.24, 2.45) is 11.8 Å². The van der Waals surface area contributed by atoms with Crippen LogP contribution in [0.5, 0.6) is 0 Å². The molecule has 1 saturated carbocycles. The number of anilines is 1. The van der Waals surface area contributed by atoms with Crippen LogP contribution in [0.25, 0.3) is 11.3 Å². The highest BCUT2D eigenvalue weighted by Gasteiger charge is 2.21. The van der Waals surface area contributed by atoms with Gasteiger partial charge in [0.1, 0.15) is 5.82 Å². The van der Waals surface area contributed by atoms with Gasteiger partial charge in [-0.05, 0) is 62.8 Å². The molecule has 1 aliphatic carbocycles. The maximum Gasteiger partial charge on any atom is 0.145 e. The highest BCUT2D eigenvalue weighted by Crippen LogP contribution is 2.30. The van der Waals surface area contributed by atoms with Gasteiger partial charge in [-0.15, -0.1) is 0 Å². The predicted molar refractivity (Wildman–Crippen MR) is 114 cm³/mol. The number of aliphatic hydroxyl groups is 1. The molecule has 0 bridgehead atoms. The highest BCUT2D eigenvalue weighted by molar-refractivity contribution is 6.33. The number of halogens is 1. The highest BCUT2D eigenvalue weighted by atomic mass is 35.5. The topological polar surface area (TPSA) is 80.2 Å². The van der Waals surface area contributed by atoms with Crippen LogP contribution < -0.4 is 5.32 Å². The SMILES string of the molecule is OC1CCC(Cc2cc(-c3cncc(NCC4CCOCC4)n3)c(Cl)cn2)CC1. The van der Waals surface area contributed by atoms with Gasteiger partial charge in [0.2, 0.25) is 0 Å². The number of nitrogens with one attached hydrogen (secondary N) is 1. The summed E-state index contributed by atoms with van der Waals surface area (Å²) in [4.78, 5) is 13.6. The van der Waals surface area contributed by atoms with Crippen LogP contribution in [-0.4, -0.2) is 45.9 Å². The lowest BCUT2D eigenvalue weighted by Gasteiger charge is -2.25. The van der Waals surface area contributed by atoms with E-state index in [1.807, 2.05) is 6.07 Å². The third-order valence-corrected chi connectivity index (χ3v) is 6.35. The van der Waals surface area contributed by atoms with Crippen molar-refractivity contribution in [1.82, 2.24) is 15.0 Å². The molecule has 0 atom stereocenters. The summed E-state index contributed by atoms with van der Waals surface area (Å²) in [5.41, 5.74) is 2.65. The van der Waals surface area contributed by atoms with Gasteiger partial charge in [0.15, 0.2) is 0 Å². The molecule has 1 aliphatic heterocycles. The zero-order chi connectivity index (χ0) is 20.1. The Hall–Kier alpha value is -1.76. The minimum Gasteiger partial charge on any atom is -0.393 e. The first-order valence-electron chi connectivity index (χ1n) is 10.6. The molecule has 0 spiro atoms. The van der Waals surface area contributed by atoms with Crippen molar-refractivity contribution in [2.45, 2.75) is 51.0 Å². The molecule has 156 valence electrons. The van der Waals surface area contributed by atoms with Crippen LogP contribution in [0, 0.1) is 11.8 Å². The molecule has 0 aromatic carbocycles. The maximum atomic E-state index is 9.71. The Morgan fingerprint density at radius 1 is 1.03 bits per heavy atom. The first-order chi connectivity index (χ1) is 14.2. The standard InChI is InChI=1S/C22H29ClN4O2/c23-20-12-25-17(9-15-1-3-18(28)4-2-15)10-19(20)21-13-24-14-22(27-21)26-11-16-5-7-29-8-6-16/h10,12-16,18,28H,1-9,11H2,(H,26,27). The second-order valence-corrected chi connectivity index (χ2v) is 8.67. The number of rotatable bonds is 6. The number of nitrogens with zero attached hydrogens (tertiary/aromatic N) is 3. The largest absolute Gasteiger partial charge is 0.393 e. The lowest BCUT2D eigenvalue weighted by atomic mass is 9.84. The van der Waals surface area contributed by atoms with E-state index >= 15 is 0 Å². The van der Waals surface area contributed by atoms with E-state index in [0.29, 0.717) is 16.9 Å². The molecule has 0 amide bonds. The molecular formula is C22H29ClN4O2. The number of aliphatic hydroxyl groups excluding tert-OH is 1. The monoisotopic (exact) mass is 416 g/mol. The van der Waals surface area contributed by atoms with Crippen molar-refractivity contribution in [2.75, 3.05) is 25.1 Å². The molecule has 2 fully saturated rings. The van der Waals surface area contributed by atoms with Gasteiger partial charge < -0.3 is 15.2 Å². The number of ether oxygens (including phenoxy) is 1. The van der Waals surface area contributed by atoms with E-state index in [2.05, 4.69) is 15.3 Å². The van der Waals surface area contributed by atoms with Crippen LogP contribution in [0.3, 0.4) is 0 Å². The van der Waals surface area contributed by atoms with Gasteiger partial charge in [0.25, 0.3) is 0 Å². The smallest absolute Gasteiger partial charge is 0.145 e. The third-order valence-electron chi connectivity index (χ3n) is 6.05. The molecule has 29 heavy (non-hydrogen) atoms. The van der Waals surface area contributed by atoms with Crippen LogP contribution in [0.2, 0.25) is 5.02 Å². The Labute approximate surface area is 177 Å². The first-order valence-corrected chi connectivity index (χ1v) is 11.0. The molecule has 2 aliphatic rings. The molecule has 3 heterocycles. The summed E-state index contributed by atoms with van der Waals surface area (Å²) in [5.74, 6) is 1.95. The molecule has 2 aromatic rings. The van der Waals surface area contributed by atoms with Crippen LogP contribution in [-0.2, 0) is 11.2 Å². The number of pyridine rings is 1. The molecule has 4 rings (SSSR count). The molecule has 2 aromatic heterocycles. The van der Waals surface area contributed by atoms with E-state index in [0.717, 1.165) is 87.5 Å². The fraction of sp³-hybridized carbons (Fsp3) is 0.591. The van der Waals surface area contributed by atoms with E-state index in [1.165, 1.54) is 0 Å². The predicted octanol–water partition coefficient (Wildman–Crippen LogP) is 4.12. The average molecular weight is 417 g/mol. The summed E-state index contributed by atoms with van der Waals surface area (Å²) < 4.78 is 5.42. The summed E-state index contributed by atoms with van der Waals surface area (Å²) in [5, 5.41) is 13.7. The normalized spacial score (nSPS) is 23.1. The Balaban J connectivity index is 1.44. The maximum absolute atomic E-state index is 9.71. The van der Waals surface area contributed by atoms with Gasteiger partial charge in [0.05, 0.1) is 29.2 Å². The first kappa shape index (κ1) is 20.5. The van der Waals surface area contributed by atoms with Crippen LogP contribution in [0.4, 0.5) is 5.82 Å². The lowest BCUT2D eigenvalue weighted by Crippen LogP contribution is -2.23. The van der Waals surface area contributed by atoms with Crippen molar-refractivity contribution < 1.29 is 9.84 Å². The molecule has 0 radical (unpaired) electrons. The van der Waals surface area contributed by atoms with Gasteiger partial charge >= 0.3 is 0 Å². The van der Waals surface area contributed by atoms with Crippen molar-refractivity contribution >= 4 is 17.4 Å². The van der Waals surface area contributed by atoms with E-state index in [9.17, 15) is 5.11 Å². The van der Waals surface area contributed by atoms with Gasteiger partial charge in [-0.1, -0.05) is 11.6 Å². The Bertz CT molecular complexity index is 805. The van der Waals surface area contributed by atoms with Crippen LogP contribution >= 0.6 is 11.6 Å². The summed E-state index contributed by atoms with van der Waals surface area (Å²) >= 11 is 6.45. The number of aromatic nitrogens is 3. The van der Waals surface area contributed by atoms with Gasteiger partial charge in [-0.25, -0.2) is 4.98 Å². The molecular weight excluding hydrogens is 388 g/mol. The lowest BCUT2D eigenvalue weighted by molar-refractivity contribution is 0.0699. The minimum atomic E-state index is -0.133. The molecule has 1 saturated heterocycles. The fourth-order valence-corrected chi connectivity index (χ4v) is 4.42. The van der Waals surface area contributed by atoms with E-state index in [4.69, 9.17) is 21.3 Å². The Morgan fingerprint density at radius 2 is 1.83 bits per heavy atom. The fourth-order valence-electron chi connectivity index (χ4n) is 4.21. The number of hydrogen-bond donors (Lipinski definition) is 2. The summed E-state index contributed by atoms with van der Waals surface area (Å²) in [7, 11) is 0. The average Bonchev–Trinajstić information content (AvgIpc) is 2.76. The molecule has 0 unspecified atom stereocenters. The molecule has 2 N–H and O–H groups in total. The van der Waals surface area contributed by atoms with Crippen LogP contribution in [0.15, 0.2) is 24.7 Å². The molecule has 7 heteroatoms. The molecule has 6 nitrogen and oxygen atoms in total. The van der Waals surface area contributed by atoms with E-state index < -0.39 is 0 Å². The van der Waals surface area contributed by atoms with Gasteiger partial charge in [-0.2, -0.15) is 0 Å². The third kappa shape index (κ3) is 5.65. The zero-order valence-electron chi connectivity index (χ0n) is 16.7. The van der Waals surface area contributed by atoms with Crippen molar-refractivity contribution in [3.63, 3.8) is 0 Å². The van der Waals surface area contributed by atoms with E-state index in [-0.39, 0.29) is 6.10 Å².